The number of hydrogen-bond acceptors (Lipinski definition) is 2. The lowest BCUT2D eigenvalue weighted by atomic mass is 9.96. The molecule has 0 radical (unpaired) electrons. The van der Waals surface area contributed by atoms with Gasteiger partial charge in [-0.2, -0.15) is 0 Å². The van der Waals surface area contributed by atoms with Gasteiger partial charge in [0.1, 0.15) is 0 Å². The van der Waals surface area contributed by atoms with E-state index in [2.05, 4.69) is 37.9 Å². The van der Waals surface area contributed by atoms with Crippen LogP contribution < -0.4 is 5.32 Å². The smallest absolute Gasteiger partial charge is 0.0198 e. The summed E-state index contributed by atoms with van der Waals surface area (Å²) < 4.78 is 0. The van der Waals surface area contributed by atoms with Crippen molar-refractivity contribution in [2.45, 2.75) is 84.3 Å². The van der Waals surface area contributed by atoms with Crippen molar-refractivity contribution in [2.75, 3.05) is 13.1 Å². The second kappa shape index (κ2) is 7.08. The van der Waals surface area contributed by atoms with E-state index in [9.17, 15) is 0 Å². The van der Waals surface area contributed by atoms with E-state index in [0.717, 1.165) is 30.0 Å². The van der Waals surface area contributed by atoms with Crippen molar-refractivity contribution in [3.8, 4) is 0 Å². The maximum atomic E-state index is 3.75. The average molecular weight is 266 g/mol. The molecule has 19 heavy (non-hydrogen) atoms. The van der Waals surface area contributed by atoms with Gasteiger partial charge in [0.25, 0.3) is 0 Å². The summed E-state index contributed by atoms with van der Waals surface area (Å²) in [4.78, 5) is 2.83. The van der Waals surface area contributed by atoms with Gasteiger partial charge < -0.3 is 5.32 Å². The van der Waals surface area contributed by atoms with Gasteiger partial charge in [0.2, 0.25) is 0 Å². The zero-order valence-corrected chi connectivity index (χ0v) is 13.5. The van der Waals surface area contributed by atoms with Crippen LogP contribution in [0.1, 0.15) is 66.2 Å². The van der Waals surface area contributed by atoms with Gasteiger partial charge in [-0.3, -0.25) is 4.90 Å². The first-order chi connectivity index (χ1) is 9.06. The van der Waals surface area contributed by atoms with E-state index in [0.29, 0.717) is 0 Å². The normalized spacial score (nSPS) is 38.4. The minimum Gasteiger partial charge on any atom is -0.311 e. The molecule has 0 aromatic carbocycles. The first-order valence-corrected chi connectivity index (χ1v) is 8.55. The molecule has 2 aliphatic rings. The van der Waals surface area contributed by atoms with Gasteiger partial charge in [-0.1, -0.05) is 33.6 Å². The lowest BCUT2D eigenvalue weighted by Crippen LogP contribution is -2.58. The van der Waals surface area contributed by atoms with Gasteiger partial charge in [-0.15, -0.1) is 0 Å². The second-order valence-corrected chi connectivity index (χ2v) is 7.55. The summed E-state index contributed by atoms with van der Waals surface area (Å²) in [5.41, 5.74) is 0. The predicted octanol–water partition coefficient (Wildman–Crippen LogP) is 3.66. The fraction of sp³-hybridized carbons (Fsp3) is 1.00. The molecule has 1 aliphatic carbocycles. The molecule has 0 spiro atoms. The van der Waals surface area contributed by atoms with Crippen LogP contribution in [0.2, 0.25) is 0 Å². The largest absolute Gasteiger partial charge is 0.311 e. The van der Waals surface area contributed by atoms with E-state index < -0.39 is 0 Å². The summed E-state index contributed by atoms with van der Waals surface area (Å²) in [6, 6.07) is 2.30. The lowest BCUT2D eigenvalue weighted by molar-refractivity contribution is 0.0762. The number of piperazine rings is 1. The average Bonchev–Trinajstić information content (AvgIpc) is 2.56. The summed E-state index contributed by atoms with van der Waals surface area (Å²) in [7, 11) is 0. The Labute approximate surface area is 120 Å². The summed E-state index contributed by atoms with van der Waals surface area (Å²) in [6.07, 6.45) is 8.52. The number of hydrogen-bond donors (Lipinski definition) is 1. The monoisotopic (exact) mass is 266 g/mol. The van der Waals surface area contributed by atoms with Crippen molar-refractivity contribution in [1.82, 2.24) is 10.2 Å². The highest BCUT2D eigenvalue weighted by Crippen LogP contribution is 2.28. The van der Waals surface area contributed by atoms with Crippen LogP contribution in [0, 0.1) is 11.8 Å². The van der Waals surface area contributed by atoms with E-state index in [-0.39, 0.29) is 0 Å². The third-order valence-electron chi connectivity index (χ3n) is 5.15. The molecule has 2 rings (SSSR count). The zero-order valence-electron chi connectivity index (χ0n) is 13.5. The molecule has 1 heterocycles. The van der Waals surface area contributed by atoms with Crippen LogP contribution in [-0.2, 0) is 0 Å². The topological polar surface area (TPSA) is 15.3 Å². The molecular formula is C17H34N2. The Hall–Kier alpha value is -0.0800. The highest BCUT2D eigenvalue weighted by Gasteiger charge is 2.31. The fourth-order valence-corrected chi connectivity index (χ4v) is 3.99. The molecule has 1 saturated heterocycles. The molecule has 112 valence electrons. The summed E-state index contributed by atoms with van der Waals surface area (Å²) >= 11 is 0. The molecule has 0 amide bonds. The molecule has 0 bridgehead atoms. The van der Waals surface area contributed by atoms with Gasteiger partial charge in [-0.25, -0.2) is 0 Å². The van der Waals surface area contributed by atoms with Crippen LogP contribution in [0.3, 0.4) is 0 Å². The minimum absolute atomic E-state index is 0.719. The lowest BCUT2D eigenvalue weighted by Gasteiger charge is -2.44. The van der Waals surface area contributed by atoms with Gasteiger partial charge in [0.15, 0.2) is 0 Å². The maximum absolute atomic E-state index is 3.75. The van der Waals surface area contributed by atoms with E-state index >= 15 is 0 Å². The predicted molar refractivity (Wildman–Crippen MR) is 83.5 cm³/mol. The van der Waals surface area contributed by atoms with Gasteiger partial charge in [0.05, 0.1) is 0 Å². The Morgan fingerprint density at radius 3 is 2.63 bits per heavy atom. The van der Waals surface area contributed by atoms with Crippen molar-refractivity contribution < 1.29 is 0 Å². The Kier molecular flexibility index (Phi) is 5.70. The Morgan fingerprint density at radius 2 is 1.89 bits per heavy atom. The molecule has 0 aromatic rings. The molecule has 2 heteroatoms. The number of rotatable bonds is 3. The third kappa shape index (κ3) is 4.46. The molecule has 4 atom stereocenters. The van der Waals surface area contributed by atoms with Crippen LogP contribution in [0.5, 0.6) is 0 Å². The SMILES string of the molecule is CC(C)CC1CN(C2CCCC(C)CC2)C(C)CN1. The zero-order chi connectivity index (χ0) is 13.8. The van der Waals surface area contributed by atoms with Gasteiger partial charge >= 0.3 is 0 Å². The fourth-order valence-electron chi connectivity index (χ4n) is 3.99. The molecule has 1 saturated carbocycles. The Bertz CT molecular complexity index is 264. The molecule has 2 nitrogen and oxygen atoms in total. The van der Waals surface area contributed by atoms with E-state index in [1.807, 2.05) is 0 Å². The van der Waals surface area contributed by atoms with Crippen molar-refractivity contribution >= 4 is 0 Å². The minimum atomic E-state index is 0.719. The molecule has 0 aromatic heterocycles. The molecule has 4 unspecified atom stereocenters. The number of nitrogens with zero attached hydrogens (tertiary/aromatic N) is 1. The van der Waals surface area contributed by atoms with E-state index in [1.165, 1.54) is 51.6 Å². The third-order valence-corrected chi connectivity index (χ3v) is 5.15. The molecule has 2 fully saturated rings. The van der Waals surface area contributed by atoms with Gasteiger partial charge in [0, 0.05) is 31.2 Å². The van der Waals surface area contributed by atoms with Crippen LogP contribution in [0.15, 0.2) is 0 Å². The van der Waals surface area contributed by atoms with Crippen molar-refractivity contribution in [1.29, 1.82) is 0 Å². The number of nitrogens with one attached hydrogen (secondary N) is 1. The van der Waals surface area contributed by atoms with Crippen LogP contribution >= 0.6 is 0 Å². The molecule has 1 aliphatic heterocycles. The van der Waals surface area contributed by atoms with E-state index in [1.54, 1.807) is 0 Å². The highest BCUT2D eigenvalue weighted by molar-refractivity contribution is 4.89. The van der Waals surface area contributed by atoms with E-state index in [4.69, 9.17) is 0 Å². The molecular weight excluding hydrogens is 232 g/mol. The summed E-state index contributed by atoms with van der Waals surface area (Å²) in [5.74, 6) is 1.76. The van der Waals surface area contributed by atoms with Crippen LogP contribution in [-0.4, -0.2) is 36.1 Å². The summed E-state index contributed by atoms with van der Waals surface area (Å²) in [5, 5.41) is 3.75. The van der Waals surface area contributed by atoms with Crippen LogP contribution in [0.4, 0.5) is 0 Å². The highest BCUT2D eigenvalue weighted by atomic mass is 15.2. The van der Waals surface area contributed by atoms with Crippen molar-refractivity contribution in [3.05, 3.63) is 0 Å². The Morgan fingerprint density at radius 1 is 1.11 bits per heavy atom. The molecule has 1 N–H and O–H groups in total. The first-order valence-electron chi connectivity index (χ1n) is 8.55. The van der Waals surface area contributed by atoms with Crippen LogP contribution in [0.25, 0.3) is 0 Å². The first kappa shape index (κ1) is 15.3. The standard InChI is InChI=1S/C17H34N2/c1-13(2)10-16-12-19(15(4)11-18-16)17-7-5-6-14(3)8-9-17/h13-18H,5-12H2,1-4H3. The second-order valence-electron chi connectivity index (χ2n) is 7.55. The van der Waals surface area contributed by atoms with Crippen molar-refractivity contribution in [2.24, 2.45) is 11.8 Å². The van der Waals surface area contributed by atoms with Gasteiger partial charge in [-0.05, 0) is 44.4 Å². The Balaban J connectivity index is 1.92. The van der Waals surface area contributed by atoms with Crippen molar-refractivity contribution in [3.63, 3.8) is 0 Å². The quantitative estimate of drug-likeness (QED) is 0.784. The maximum Gasteiger partial charge on any atom is 0.0198 e. The summed E-state index contributed by atoms with van der Waals surface area (Å²) in [6.45, 7) is 12.0.